The molecular weight excluding hydrogens is 582 g/mol. The average Bonchev–Trinajstić information content (AvgIpc) is 3.42. The molecule has 0 unspecified atom stereocenters. The van der Waals surface area contributed by atoms with E-state index in [0.29, 0.717) is 38.7 Å². The molecule has 0 radical (unpaired) electrons. The van der Waals surface area contributed by atoms with Crippen LogP contribution in [0.4, 0.5) is 5.88 Å². The molecule has 206 valence electrons. The highest BCUT2D eigenvalue weighted by molar-refractivity contribution is 9.10. The number of anilines is 1. The molecule has 2 aliphatic heterocycles. The van der Waals surface area contributed by atoms with E-state index in [2.05, 4.69) is 25.8 Å². The number of hydrogen-bond donors (Lipinski definition) is 0. The van der Waals surface area contributed by atoms with Gasteiger partial charge in [0, 0.05) is 25.2 Å². The van der Waals surface area contributed by atoms with Crippen LogP contribution in [0.5, 0.6) is 5.75 Å². The maximum atomic E-state index is 13.9. The number of esters is 1. The standard InChI is InChI=1S/C29H32BrN3O5S/c1-5-36-20-11-9-19(10-12-20)25-24(28(35)37-17(2)3)18(4)31-29-33(25)26(34)23(39-29)16-21-15-22(30)27(38-21)32-13-7-6-8-14-32/h9-12,15-17,25H,5-8,13-14H2,1-4H3/b23-16+/t25-/m0/s1. The third-order valence-corrected chi connectivity index (χ3v) is 8.25. The van der Waals surface area contributed by atoms with Gasteiger partial charge < -0.3 is 18.8 Å². The van der Waals surface area contributed by atoms with Crippen LogP contribution in [0.3, 0.4) is 0 Å². The smallest absolute Gasteiger partial charge is 0.338 e. The van der Waals surface area contributed by atoms with Gasteiger partial charge in [-0.1, -0.05) is 23.5 Å². The minimum absolute atomic E-state index is 0.243. The fourth-order valence-electron chi connectivity index (χ4n) is 4.98. The summed E-state index contributed by atoms with van der Waals surface area (Å²) in [5.41, 5.74) is 1.40. The number of ether oxygens (including phenoxy) is 2. The van der Waals surface area contributed by atoms with Gasteiger partial charge in [0.1, 0.15) is 11.5 Å². The molecule has 1 saturated heterocycles. The van der Waals surface area contributed by atoms with Gasteiger partial charge in [0.25, 0.3) is 5.56 Å². The van der Waals surface area contributed by atoms with Crippen molar-refractivity contribution >= 4 is 45.2 Å². The number of piperidine rings is 1. The molecule has 0 saturated carbocycles. The lowest BCUT2D eigenvalue weighted by Crippen LogP contribution is -2.40. The molecule has 39 heavy (non-hydrogen) atoms. The second-order valence-corrected chi connectivity index (χ2v) is 11.8. The Balaban J connectivity index is 1.61. The van der Waals surface area contributed by atoms with Gasteiger partial charge in [-0.15, -0.1) is 0 Å². The normalized spacial score (nSPS) is 17.8. The highest BCUT2D eigenvalue weighted by Gasteiger charge is 2.34. The Labute approximate surface area is 239 Å². The highest BCUT2D eigenvalue weighted by atomic mass is 79.9. The number of aromatic nitrogens is 1. The summed E-state index contributed by atoms with van der Waals surface area (Å²) >= 11 is 4.90. The van der Waals surface area contributed by atoms with Crippen LogP contribution in [0.2, 0.25) is 0 Å². The van der Waals surface area contributed by atoms with Gasteiger partial charge in [0.15, 0.2) is 4.80 Å². The van der Waals surface area contributed by atoms with Crippen molar-refractivity contribution in [3.8, 4) is 5.75 Å². The minimum atomic E-state index is -0.683. The molecule has 0 spiro atoms. The van der Waals surface area contributed by atoms with Crippen molar-refractivity contribution < 1.29 is 18.7 Å². The van der Waals surface area contributed by atoms with Crippen LogP contribution in [0, 0.1) is 0 Å². The zero-order valence-corrected chi connectivity index (χ0v) is 24.9. The Morgan fingerprint density at radius 2 is 1.95 bits per heavy atom. The fraction of sp³-hybridized carbons (Fsp3) is 0.414. The van der Waals surface area contributed by atoms with Crippen LogP contribution >= 0.6 is 27.3 Å². The van der Waals surface area contributed by atoms with Crippen molar-refractivity contribution in [3.63, 3.8) is 0 Å². The van der Waals surface area contributed by atoms with E-state index in [0.717, 1.165) is 41.9 Å². The third-order valence-electron chi connectivity index (χ3n) is 6.70. The van der Waals surface area contributed by atoms with Crippen molar-refractivity contribution in [2.45, 2.75) is 59.1 Å². The van der Waals surface area contributed by atoms with Gasteiger partial charge in [0.2, 0.25) is 5.88 Å². The molecule has 8 nitrogen and oxygen atoms in total. The topological polar surface area (TPSA) is 86.3 Å². The van der Waals surface area contributed by atoms with Crippen molar-refractivity contribution in [2.75, 3.05) is 24.6 Å². The lowest BCUT2D eigenvalue weighted by molar-refractivity contribution is -0.143. The summed E-state index contributed by atoms with van der Waals surface area (Å²) in [5.74, 6) is 1.60. The molecule has 2 aliphatic rings. The summed E-state index contributed by atoms with van der Waals surface area (Å²) in [7, 11) is 0. The molecular formula is C29H32BrN3O5S. The van der Waals surface area contributed by atoms with E-state index in [4.69, 9.17) is 13.9 Å². The van der Waals surface area contributed by atoms with Crippen LogP contribution in [0.25, 0.3) is 6.08 Å². The van der Waals surface area contributed by atoms with Crippen molar-refractivity contribution in [3.05, 3.63) is 77.1 Å². The van der Waals surface area contributed by atoms with Crippen LogP contribution in [0.1, 0.15) is 64.3 Å². The summed E-state index contributed by atoms with van der Waals surface area (Å²) in [4.78, 5) is 34.6. The van der Waals surface area contributed by atoms with E-state index >= 15 is 0 Å². The minimum Gasteiger partial charge on any atom is -0.494 e. The van der Waals surface area contributed by atoms with Gasteiger partial charge in [-0.2, -0.15) is 0 Å². The van der Waals surface area contributed by atoms with Crippen molar-refractivity contribution in [1.82, 2.24) is 4.57 Å². The molecule has 5 rings (SSSR count). The number of halogens is 1. The SMILES string of the molecule is CCOc1ccc([C@H]2C(C(=O)OC(C)C)=C(C)N=c3s/c(=C/c4cc(Br)c(N5CCCCC5)o4)c(=O)n32)cc1. The molecule has 4 heterocycles. The van der Waals surface area contributed by atoms with Crippen molar-refractivity contribution in [2.24, 2.45) is 4.99 Å². The second kappa shape index (κ2) is 11.6. The van der Waals surface area contributed by atoms with Crippen LogP contribution in [0.15, 0.2) is 60.3 Å². The molecule has 0 aliphatic carbocycles. The zero-order chi connectivity index (χ0) is 27.7. The summed E-state index contributed by atoms with van der Waals surface area (Å²) in [6.07, 6.45) is 4.93. The maximum absolute atomic E-state index is 13.9. The number of carbonyl (C=O) groups is 1. The second-order valence-electron chi connectivity index (χ2n) is 9.89. The first-order chi connectivity index (χ1) is 18.8. The number of carbonyl (C=O) groups excluding carboxylic acids is 1. The number of nitrogens with zero attached hydrogens (tertiary/aromatic N) is 3. The van der Waals surface area contributed by atoms with Crippen LogP contribution in [-0.4, -0.2) is 36.3 Å². The molecule has 0 N–H and O–H groups in total. The van der Waals surface area contributed by atoms with Gasteiger partial charge in [-0.25, -0.2) is 9.79 Å². The Hall–Kier alpha value is -3.11. The lowest BCUT2D eigenvalue weighted by atomic mass is 9.96. The first-order valence-corrected chi connectivity index (χ1v) is 14.9. The lowest BCUT2D eigenvalue weighted by Gasteiger charge is -2.26. The Morgan fingerprint density at radius 3 is 2.62 bits per heavy atom. The molecule has 0 amide bonds. The number of benzene rings is 1. The van der Waals surface area contributed by atoms with Gasteiger partial charge in [-0.3, -0.25) is 9.36 Å². The molecule has 3 aromatic rings. The predicted molar refractivity (Wildman–Crippen MR) is 155 cm³/mol. The summed E-state index contributed by atoms with van der Waals surface area (Å²) in [6.45, 7) is 9.75. The Bertz CT molecular complexity index is 1580. The molecule has 0 bridgehead atoms. The predicted octanol–water partition coefficient (Wildman–Crippen LogP) is 4.93. The number of rotatable bonds is 7. The maximum Gasteiger partial charge on any atom is 0.338 e. The molecule has 1 fully saturated rings. The van der Waals surface area contributed by atoms with E-state index in [-0.39, 0.29) is 11.7 Å². The molecule has 10 heteroatoms. The number of thiazole rings is 1. The molecule has 1 aromatic carbocycles. The summed E-state index contributed by atoms with van der Waals surface area (Å²) in [6, 6.07) is 8.65. The van der Waals surface area contributed by atoms with Crippen molar-refractivity contribution in [1.29, 1.82) is 0 Å². The van der Waals surface area contributed by atoms with Crippen LogP contribution < -0.4 is 24.5 Å². The zero-order valence-electron chi connectivity index (χ0n) is 22.5. The van der Waals surface area contributed by atoms with E-state index in [1.54, 1.807) is 31.4 Å². The quantitative estimate of drug-likeness (QED) is 0.351. The first kappa shape index (κ1) is 27.5. The van der Waals surface area contributed by atoms with Gasteiger partial charge in [0.05, 0.1) is 39.0 Å². The van der Waals surface area contributed by atoms with Gasteiger partial charge in [-0.05, 0) is 80.6 Å². The summed E-state index contributed by atoms with van der Waals surface area (Å²) in [5, 5.41) is 0. The largest absolute Gasteiger partial charge is 0.494 e. The third kappa shape index (κ3) is 5.63. The molecule has 1 atom stereocenters. The monoisotopic (exact) mass is 613 g/mol. The summed E-state index contributed by atoms with van der Waals surface area (Å²) < 4.78 is 20.3. The van der Waals surface area contributed by atoms with Gasteiger partial charge >= 0.3 is 5.97 Å². The van der Waals surface area contributed by atoms with E-state index in [1.165, 1.54) is 17.8 Å². The van der Waals surface area contributed by atoms with E-state index in [9.17, 15) is 9.59 Å². The Kier molecular flexibility index (Phi) is 8.13. The molecule has 2 aromatic heterocycles. The number of hydrogen-bond acceptors (Lipinski definition) is 8. The Morgan fingerprint density at radius 1 is 1.23 bits per heavy atom. The van der Waals surface area contributed by atoms with E-state index in [1.807, 2.05) is 37.3 Å². The van der Waals surface area contributed by atoms with Crippen LogP contribution in [-0.2, 0) is 9.53 Å². The van der Waals surface area contributed by atoms with E-state index < -0.39 is 12.0 Å². The highest BCUT2D eigenvalue weighted by Crippen LogP contribution is 2.33. The average molecular weight is 615 g/mol. The number of furan rings is 1. The first-order valence-electron chi connectivity index (χ1n) is 13.3. The fourth-order valence-corrected chi connectivity index (χ4v) is 6.56. The number of fused-ring (bicyclic) bond motifs is 1. The number of allylic oxidation sites excluding steroid dienone is 1.